The molecule has 0 aliphatic carbocycles. The van der Waals surface area contributed by atoms with Gasteiger partial charge in [-0.1, -0.05) is 12.1 Å². The van der Waals surface area contributed by atoms with Gasteiger partial charge in [-0.3, -0.25) is 0 Å². The number of nitrogens with zero attached hydrogens (tertiary/aromatic N) is 2. The van der Waals surface area contributed by atoms with Gasteiger partial charge in [0, 0.05) is 18.3 Å². The summed E-state index contributed by atoms with van der Waals surface area (Å²) in [5.74, 6) is 1.72. The van der Waals surface area contributed by atoms with Gasteiger partial charge in [-0.15, -0.1) is 0 Å². The average molecular weight is 231 g/mol. The van der Waals surface area contributed by atoms with Crippen molar-refractivity contribution in [1.82, 2.24) is 9.55 Å². The van der Waals surface area contributed by atoms with Crippen LogP contribution in [-0.2, 0) is 13.6 Å². The van der Waals surface area contributed by atoms with Crippen LogP contribution in [0.25, 0.3) is 11.3 Å². The van der Waals surface area contributed by atoms with E-state index in [1.165, 1.54) is 0 Å². The number of ether oxygens (including phenoxy) is 1. The molecule has 0 atom stereocenters. The topological polar surface area (TPSA) is 53.1 Å². The first kappa shape index (κ1) is 11.7. The molecule has 1 heterocycles. The Bertz CT molecular complexity index is 531. The SMILES string of the molecule is COc1cccc(-c2nc(CN)n(C)c2C)c1. The molecule has 4 heteroatoms. The second kappa shape index (κ2) is 4.59. The fraction of sp³-hybridized carbons (Fsp3) is 0.308. The third-order valence-electron chi connectivity index (χ3n) is 3.00. The van der Waals surface area contributed by atoms with Gasteiger partial charge in [-0.25, -0.2) is 4.98 Å². The molecular weight excluding hydrogens is 214 g/mol. The predicted molar refractivity (Wildman–Crippen MR) is 67.8 cm³/mol. The summed E-state index contributed by atoms with van der Waals surface area (Å²) in [6, 6.07) is 7.89. The highest BCUT2D eigenvalue weighted by molar-refractivity contribution is 5.64. The van der Waals surface area contributed by atoms with Crippen LogP contribution in [0.15, 0.2) is 24.3 Å². The minimum Gasteiger partial charge on any atom is -0.497 e. The minimum atomic E-state index is 0.446. The van der Waals surface area contributed by atoms with Crippen molar-refractivity contribution in [2.75, 3.05) is 7.11 Å². The molecule has 0 amide bonds. The first-order valence-electron chi connectivity index (χ1n) is 5.54. The van der Waals surface area contributed by atoms with Gasteiger partial charge in [0.1, 0.15) is 11.6 Å². The Hall–Kier alpha value is -1.81. The molecule has 0 spiro atoms. The molecule has 0 saturated heterocycles. The maximum absolute atomic E-state index is 5.66. The van der Waals surface area contributed by atoms with Crippen molar-refractivity contribution in [1.29, 1.82) is 0 Å². The summed E-state index contributed by atoms with van der Waals surface area (Å²) in [6.07, 6.45) is 0. The van der Waals surface area contributed by atoms with Crippen molar-refractivity contribution >= 4 is 0 Å². The van der Waals surface area contributed by atoms with E-state index in [-0.39, 0.29) is 0 Å². The third kappa shape index (κ3) is 2.03. The molecule has 1 aromatic carbocycles. The molecule has 0 radical (unpaired) electrons. The van der Waals surface area contributed by atoms with E-state index in [4.69, 9.17) is 10.5 Å². The lowest BCUT2D eigenvalue weighted by atomic mass is 10.1. The summed E-state index contributed by atoms with van der Waals surface area (Å²) in [6.45, 7) is 2.49. The second-order valence-electron chi connectivity index (χ2n) is 3.96. The largest absolute Gasteiger partial charge is 0.497 e. The van der Waals surface area contributed by atoms with Crippen molar-refractivity contribution in [3.05, 3.63) is 35.8 Å². The van der Waals surface area contributed by atoms with E-state index in [2.05, 4.69) is 4.98 Å². The molecule has 2 aromatic rings. The molecule has 90 valence electrons. The van der Waals surface area contributed by atoms with Crippen LogP contribution in [0, 0.1) is 6.92 Å². The van der Waals surface area contributed by atoms with Gasteiger partial charge >= 0.3 is 0 Å². The lowest BCUT2D eigenvalue weighted by Gasteiger charge is -2.03. The van der Waals surface area contributed by atoms with Gasteiger partial charge in [0.2, 0.25) is 0 Å². The molecular formula is C13H17N3O. The minimum absolute atomic E-state index is 0.446. The van der Waals surface area contributed by atoms with Crippen LogP contribution in [0.1, 0.15) is 11.5 Å². The molecule has 0 saturated carbocycles. The molecule has 2 rings (SSSR count). The molecule has 1 aromatic heterocycles. The van der Waals surface area contributed by atoms with Crippen molar-refractivity contribution < 1.29 is 4.74 Å². The smallest absolute Gasteiger partial charge is 0.123 e. The second-order valence-corrected chi connectivity index (χ2v) is 3.96. The van der Waals surface area contributed by atoms with E-state index < -0.39 is 0 Å². The standard InChI is InChI=1S/C13H17N3O/c1-9-13(15-12(8-14)16(9)2)10-5-4-6-11(7-10)17-3/h4-7H,8,14H2,1-3H3. The van der Waals surface area contributed by atoms with E-state index in [1.807, 2.05) is 42.8 Å². The van der Waals surface area contributed by atoms with Gasteiger partial charge < -0.3 is 15.0 Å². The Morgan fingerprint density at radius 2 is 2.18 bits per heavy atom. The summed E-state index contributed by atoms with van der Waals surface area (Å²) in [4.78, 5) is 4.56. The molecule has 0 aliphatic heterocycles. The Labute approximate surface area is 101 Å². The maximum Gasteiger partial charge on any atom is 0.123 e. The number of methoxy groups -OCH3 is 1. The highest BCUT2D eigenvalue weighted by Gasteiger charge is 2.12. The van der Waals surface area contributed by atoms with Crippen LogP contribution in [-0.4, -0.2) is 16.7 Å². The number of benzene rings is 1. The Morgan fingerprint density at radius 3 is 2.76 bits per heavy atom. The fourth-order valence-corrected chi connectivity index (χ4v) is 1.86. The summed E-state index contributed by atoms with van der Waals surface area (Å²) < 4.78 is 7.24. The molecule has 0 unspecified atom stereocenters. The maximum atomic E-state index is 5.66. The number of imidazole rings is 1. The zero-order chi connectivity index (χ0) is 12.4. The van der Waals surface area contributed by atoms with Crippen LogP contribution >= 0.6 is 0 Å². The third-order valence-corrected chi connectivity index (χ3v) is 3.00. The monoisotopic (exact) mass is 231 g/mol. The highest BCUT2D eigenvalue weighted by Crippen LogP contribution is 2.26. The molecule has 0 bridgehead atoms. The van der Waals surface area contributed by atoms with Gasteiger partial charge in [-0.2, -0.15) is 0 Å². The Morgan fingerprint density at radius 1 is 1.41 bits per heavy atom. The zero-order valence-corrected chi connectivity index (χ0v) is 10.4. The van der Waals surface area contributed by atoms with E-state index in [1.54, 1.807) is 7.11 Å². The van der Waals surface area contributed by atoms with E-state index >= 15 is 0 Å². The molecule has 0 fully saturated rings. The van der Waals surface area contributed by atoms with Crippen molar-refractivity contribution in [3.8, 4) is 17.0 Å². The van der Waals surface area contributed by atoms with E-state index in [9.17, 15) is 0 Å². The average Bonchev–Trinajstić information content (AvgIpc) is 2.66. The van der Waals surface area contributed by atoms with Gasteiger partial charge in [0.15, 0.2) is 0 Å². The number of nitrogens with two attached hydrogens (primary N) is 1. The zero-order valence-electron chi connectivity index (χ0n) is 10.4. The highest BCUT2D eigenvalue weighted by atomic mass is 16.5. The van der Waals surface area contributed by atoms with E-state index in [0.29, 0.717) is 6.54 Å². The quantitative estimate of drug-likeness (QED) is 0.877. The Kier molecular flexibility index (Phi) is 3.15. The molecule has 0 aliphatic rings. The summed E-state index contributed by atoms with van der Waals surface area (Å²) in [7, 11) is 3.64. The van der Waals surface area contributed by atoms with Crippen LogP contribution < -0.4 is 10.5 Å². The number of hydrogen-bond acceptors (Lipinski definition) is 3. The number of aromatic nitrogens is 2. The lowest BCUT2D eigenvalue weighted by molar-refractivity contribution is 0.415. The van der Waals surface area contributed by atoms with Crippen LogP contribution in [0.3, 0.4) is 0 Å². The number of rotatable bonds is 3. The molecule has 17 heavy (non-hydrogen) atoms. The summed E-state index contributed by atoms with van der Waals surface area (Å²) in [5.41, 5.74) is 8.79. The lowest BCUT2D eigenvalue weighted by Crippen LogP contribution is -2.05. The number of hydrogen-bond donors (Lipinski definition) is 1. The summed E-state index contributed by atoms with van der Waals surface area (Å²) >= 11 is 0. The molecule has 4 nitrogen and oxygen atoms in total. The van der Waals surface area contributed by atoms with Crippen molar-refractivity contribution in [2.45, 2.75) is 13.5 Å². The van der Waals surface area contributed by atoms with Crippen LogP contribution in [0.2, 0.25) is 0 Å². The first-order valence-corrected chi connectivity index (χ1v) is 5.54. The Balaban J connectivity index is 2.52. The van der Waals surface area contributed by atoms with Crippen LogP contribution in [0.5, 0.6) is 5.75 Å². The fourth-order valence-electron chi connectivity index (χ4n) is 1.86. The van der Waals surface area contributed by atoms with E-state index in [0.717, 1.165) is 28.5 Å². The van der Waals surface area contributed by atoms with Crippen molar-refractivity contribution in [3.63, 3.8) is 0 Å². The first-order chi connectivity index (χ1) is 8.17. The van der Waals surface area contributed by atoms with Crippen LogP contribution in [0.4, 0.5) is 0 Å². The molecule has 2 N–H and O–H groups in total. The van der Waals surface area contributed by atoms with Gasteiger partial charge in [0.05, 0.1) is 19.3 Å². The van der Waals surface area contributed by atoms with Gasteiger partial charge in [0.25, 0.3) is 0 Å². The predicted octanol–water partition coefficient (Wildman–Crippen LogP) is 1.86. The van der Waals surface area contributed by atoms with Crippen molar-refractivity contribution in [2.24, 2.45) is 12.8 Å². The normalized spacial score (nSPS) is 10.6. The summed E-state index contributed by atoms with van der Waals surface area (Å²) in [5, 5.41) is 0. The van der Waals surface area contributed by atoms with Gasteiger partial charge in [-0.05, 0) is 19.1 Å².